The third kappa shape index (κ3) is 11.2. The molecule has 13 nitrogen and oxygen atoms in total. The minimum Gasteiger partial charge on any atom is -0.394 e. The number of ether oxygens (including phenoxy) is 4. The molecule has 0 bridgehead atoms. The minimum atomic E-state index is -2.03. The van der Waals surface area contributed by atoms with Gasteiger partial charge in [-0.25, -0.2) is 0 Å². The van der Waals surface area contributed by atoms with Gasteiger partial charge in [-0.3, -0.25) is 4.99 Å². The van der Waals surface area contributed by atoms with Crippen molar-refractivity contribution in [1.82, 2.24) is 0 Å². The zero-order chi connectivity index (χ0) is 33.3. The topological polar surface area (TPSA) is 223 Å². The quantitative estimate of drug-likeness (QED) is 0.0740. The molecule has 0 radical (unpaired) electrons. The summed E-state index contributed by atoms with van der Waals surface area (Å²) in [7, 11) is -2.03. The van der Waals surface area contributed by atoms with Crippen molar-refractivity contribution >= 4 is 14.4 Å². The van der Waals surface area contributed by atoms with E-state index in [2.05, 4.69) is 37.9 Å². The van der Waals surface area contributed by atoms with Gasteiger partial charge in [0.1, 0.15) is 42.5 Å². The summed E-state index contributed by atoms with van der Waals surface area (Å²) in [6.07, 6.45) is 1.65. The van der Waals surface area contributed by atoms with E-state index in [1.165, 1.54) is 11.1 Å². The molecule has 13 unspecified atom stereocenters. The van der Waals surface area contributed by atoms with E-state index < -0.39 is 87.7 Å². The Labute approximate surface area is 267 Å². The zero-order valence-electron chi connectivity index (χ0n) is 26.8. The maximum atomic E-state index is 10.9. The lowest BCUT2D eigenvalue weighted by molar-refractivity contribution is -0.280. The fourth-order valence-electron chi connectivity index (χ4n) is 5.49. The van der Waals surface area contributed by atoms with E-state index in [1.54, 1.807) is 6.21 Å². The standard InChI is InChI=1S/C31H54N3O10P/c1-17(2)7-5-8-18(3)9-6-10-19(4)11-12-34-15-22-26(37)21(36)14-25(41-22)43-29-20(32)13-24(33)45(40)31(29)44-30-28(39)27(38)23(16-35)42-30/h7,9,11-12,20-31,35-40H,5-6,8,10,13-16,32-33H2,1-4H3/b18-9+,19-11+,34-12?. The molecular weight excluding hydrogens is 605 g/mol. The Kier molecular flexibility index (Phi) is 15.7. The third-order valence-electron chi connectivity index (χ3n) is 8.31. The Balaban J connectivity index is 1.57. The second kappa shape index (κ2) is 18.4. The number of aliphatic hydroxyl groups excluding tert-OH is 5. The van der Waals surface area contributed by atoms with Gasteiger partial charge in [0.15, 0.2) is 12.6 Å². The smallest absolute Gasteiger partial charge is 0.187 e. The van der Waals surface area contributed by atoms with Crippen LogP contribution in [0.15, 0.2) is 39.9 Å². The van der Waals surface area contributed by atoms with Crippen LogP contribution in [0.5, 0.6) is 0 Å². The molecule has 14 heteroatoms. The number of allylic oxidation sites excluding steroid dienone is 6. The number of hydrogen-bond donors (Lipinski definition) is 8. The van der Waals surface area contributed by atoms with Crippen molar-refractivity contribution in [1.29, 1.82) is 0 Å². The van der Waals surface area contributed by atoms with Crippen molar-refractivity contribution in [3.63, 3.8) is 0 Å². The molecule has 10 N–H and O–H groups in total. The molecule has 3 aliphatic rings. The van der Waals surface area contributed by atoms with Gasteiger partial charge < -0.3 is 60.8 Å². The van der Waals surface area contributed by atoms with E-state index in [-0.39, 0.29) is 19.4 Å². The molecule has 0 spiro atoms. The summed E-state index contributed by atoms with van der Waals surface area (Å²) in [6, 6.07) is -0.707. The van der Waals surface area contributed by atoms with Gasteiger partial charge in [0.2, 0.25) is 0 Å². The number of rotatable bonds is 14. The predicted octanol–water partition coefficient (Wildman–Crippen LogP) is 0.885. The first kappa shape index (κ1) is 38.3. The first-order chi connectivity index (χ1) is 21.3. The van der Waals surface area contributed by atoms with Gasteiger partial charge in [-0.1, -0.05) is 28.9 Å². The van der Waals surface area contributed by atoms with Crippen molar-refractivity contribution in [2.24, 2.45) is 16.5 Å². The van der Waals surface area contributed by atoms with Crippen LogP contribution < -0.4 is 11.5 Å². The predicted molar refractivity (Wildman–Crippen MR) is 171 cm³/mol. The molecule has 3 heterocycles. The molecule has 3 rings (SSSR count). The molecular formula is C31H54N3O10P. The van der Waals surface area contributed by atoms with Gasteiger partial charge in [-0.15, -0.1) is 0 Å². The molecule has 0 saturated carbocycles. The van der Waals surface area contributed by atoms with E-state index in [4.69, 9.17) is 30.4 Å². The molecule has 0 aromatic rings. The molecule has 3 aliphatic heterocycles. The second-order valence-corrected chi connectivity index (χ2v) is 14.4. The largest absolute Gasteiger partial charge is 0.394 e. The van der Waals surface area contributed by atoms with Crippen molar-refractivity contribution in [2.45, 2.75) is 139 Å². The monoisotopic (exact) mass is 659 g/mol. The highest BCUT2D eigenvalue weighted by Crippen LogP contribution is 2.50. The fourth-order valence-corrected chi connectivity index (χ4v) is 7.16. The van der Waals surface area contributed by atoms with Crippen LogP contribution in [-0.2, 0) is 18.9 Å². The normalized spacial score (nSPS) is 39.9. The van der Waals surface area contributed by atoms with Crippen LogP contribution in [-0.4, -0.2) is 123 Å². The van der Waals surface area contributed by atoms with Gasteiger partial charge in [-0.05, 0) is 65.9 Å². The Hall–Kier alpha value is -1.16. The summed E-state index contributed by atoms with van der Waals surface area (Å²) in [5.74, 6) is -1.83. The van der Waals surface area contributed by atoms with Gasteiger partial charge in [0, 0.05) is 18.7 Å². The third-order valence-corrected chi connectivity index (χ3v) is 10.1. The van der Waals surface area contributed by atoms with Gasteiger partial charge in [0.05, 0.1) is 33.2 Å². The van der Waals surface area contributed by atoms with Crippen LogP contribution in [0, 0.1) is 0 Å². The molecule has 13 atom stereocenters. The zero-order valence-corrected chi connectivity index (χ0v) is 27.7. The highest BCUT2D eigenvalue weighted by molar-refractivity contribution is 7.53. The minimum absolute atomic E-state index is 0.0686. The van der Waals surface area contributed by atoms with Crippen LogP contribution in [0.3, 0.4) is 0 Å². The molecule has 3 saturated heterocycles. The van der Waals surface area contributed by atoms with E-state index in [9.17, 15) is 30.4 Å². The summed E-state index contributed by atoms with van der Waals surface area (Å²) in [5, 5.41) is 51.0. The van der Waals surface area contributed by atoms with Crippen molar-refractivity contribution in [3.8, 4) is 0 Å². The second-order valence-electron chi connectivity index (χ2n) is 12.5. The average Bonchev–Trinajstić information content (AvgIpc) is 3.25. The molecule has 0 amide bonds. The van der Waals surface area contributed by atoms with Crippen molar-refractivity contribution < 1.29 is 49.4 Å². The van der Waals surface area contributed by atoms with Crippen LogP contribution in [0.1, 0.15) is 66.2 Å². The number of aliphatic imine (C=N–C) groups is 1. The van der Waals surface area contributed by atoms with Crippen molar-refractivity contribution in [3.05, 3.63) is 34.9 Å². The molecule has 3 fully saturated rings. The molecule has 0 aliphatic carbocycles. The summed E-state index contributed by atoms with van der Waals surface area (Å²) < 4.78 is 23.4. The maximum Gasteiger partial charge on any atom is 0.187 e. The number of hydrogen-bond acceptors (Lipinski definition) is 13. The van der Waals surface area contributed by atoms with E-state index in [0.717, 1.165) is 31.3 Å². The lowest BCUT2D eigenvalue weighted by atomic mass is 10.0. The van der Waals surface area contributed by atoms with Gasteiger partial charge >= 0.3 is 0 Å². The Bertz CT molecular complexity index is 1040. The number of nitrogens with zero attached hydrogens (tertiary/aromatic N) is 1. The van der Waals surface area contributed by atoms with Crippen LogP contribution in [0.25, 0.3) is 0 Å². The summed E-state index contributed by atoms with van der Waals surface area (Å²) in [6.45, 7) is 7.93. The number of nitrogens with two attached hydrogens (primary N) is 2. The van der Waals surface area contributed by atoms with Gasteiger partial charge in [0.25, 0.3) is 0 Å². The Morgan fingerprint density at radius 1 is 0.889 bits per heavy atom. The Morgan fingerprint density at radius 2 is 1.58 bits per heavy atom. The molecule has 0 aromatic heterocycles. The molecule has 45 heavy (non-hydrogen) atoms. The lowest BCUT2D eigenvalue weighted by Gasteiger charge is -2.45. The average molecular weight is 660 g/mol. The van der Waals surface area contributed by atoms with E-state index in [0.29, 0.717) is 0 Å². The molecule has 0 aromatic carbocycles. The Morgan fingerprint density at radius 3 is 2.24 bits per heavy atom. The highest BCUT2D eigenvalue weighted by Gasteiger charge is 2.51. The lowest BCUT2D eigenvalue weighted by Crippen LogP contribution is -2.58. The van der Waals surface area contributed by atoms with Gasteiger partial charge in [-0.2, -0.15) is 0 Å². The van der Waals surface area contributed by atoms with E-state index in [1.807, 2.05) is 13.0 Å². The van der Waals surface area contributed by atoms with Crippen LogP contribution in [0.2, 0.25) is 0 Å². The summed E-state index contributed by atoms with van der Waals surface area (Å²) in [4.78, 5) is 15.3. The highest BCUT2D eigenvalue weighted by atomic mass is 31.1. The number of aliphatic hydroxyl groups is 5. The summed E-state index contributed by atoms with van der Waals surface area (Å²) in [5.41, 5.74) is 16.3. The van der Waals surface area contributed by atoms with E-state index >= 15 is 0 Å². The van der Waals surface area contributed by atoms with Crippen LogP contribution in [0.4, 0.5) is 0 Å². The molecule has 258 valence electrons. The first-order valence-electron chi connectivity index (χ1n) is 15.7. The first-order valence-corrected chi connectivity index (χ1v) is 17.1. The van der Waals surface area contributed by atoms with Crippen LogP contribution >= 0.6 is 8.15 Å². The van der Waals surface area contributed by atoms with Crippen molar-refractivity contribution in [2.75, 3.05) is 13.2 Å². The SMILES string of the molecule is CC(C)=CCC/C(C)=C/CC/C(C)=C/C=NCC1OC(OC2C(N)CC(N)P(O)C2OC2OC(CO)C(O)C2O)CC(O)C1O. The summed E-state index contributed by atoms with van der Waals surface area (Å²) >= 11 is 0. The maximum absolute atomic E-state index is 10.9. The fraction of sp³-hybridized carbons (Fsp3) is 0.774.